The van der Waals surface area contributed by atoms with Crippen LogP contribution in [0.5, 0.6) is 5.88 Å². The Morgan fingerprint density at radius 2 is 1.74 bits per heavy atom. The summed E-state index contributed by atoms with van der Waals surface area (Å²) >= 11 is -1.70. The van der Waals surface area contributed by atoms with Gasteiger partial charge in [0.15, 0.2) is 23.2 Å². The Morgan fingerprint density at radius 3 is 2.33 bits per heavy atom. The number of rotatable bonds is 16. The number of hydrazone groups is 1. The Balaban J connectivity index is 1.63. The topological polar surface area (TPSA) is 311 Å². The summed E-state index contributed by atoms with van der Waals surface area (Å²) < 4.78 is 71.8. The Morgan fingerprint density at radius 1 is 1.07 bits per heavy atom. The third-order valence-corrected chi connectivity index (χ3v) is 10.6. The maximum atomic E-state index is 13.9. The fourth-order valence-electron chi connectivity index (χ4n) is 5.32. The minimum absolute atomic E-state index is 0.0924. The van der Waals surface area contributed by atoms with Crippen molar-refractivity contribution in [1.29, 1.82) is 0 Å². The van der Waals surface area contributed by atoms with Crippen molar-refractivity contribution in [3.05, 3.63) is 77.2 Å². The molecule has 1 atom stereocenters. The third kappa shape index (κ3) is 9.86. The summed E-state index contributed by atoms with van der Waals surface area (Å²) in [5.74, 6) is -3.19. The zero-order chi connectivity index (χ0) is 42.1. The molecule has 3 amide bonds. The highest BCUT2D eigenvalue weighted by Gasteiger charge is 2.36. The van der Waals surface area contributed by atoms with Crippen molar-refractivity contribution in [2.24, 2.45) is 10.1 Å². The fraction of sp³-hybridized carbons (Fsp3) is 0.161. The van der Waals surface area contributed by atoms with E-state index >= 15 is 0 Å². The molecule has 2 aliphatic rings. The predicted molar refractivity (Wildman–Crippen MR) is 202 cm³/mol. The quantitative estimate of drug-likeness (QED) is 0.0139. The van der Waals surface area contributed by atoms with E-state index in [4.69, 9.17) is 15.3 Å². The second-order valence-corrected chi connectivity index (χ2v) is 15.0. The van der Waals surface area contributed by atoms with Gasteiger partial charge in [0.05, 0.1) is 45.9 Å². The van der Waals surface area contributed by atoms with E-state index in [0.717, 1.165) is 23.2 Å². The molecule has 0 saturated carbocycles. The molecule has 3 aromatic rings. The minimum Gasteiger partial charge on any atom is -0.493 e. The standard InChI is InChI=1S/C31H29N7O16S4/c1-32-16-50-29-21(31(42)38(35-29)23-15-19(56-54-52-44)8-12-25(23)58(47,48)49)10-6-17(36-13-3-4-26(36)39)5-9-20-27(28(40)33-2)34-37(30(20)41)22-14-18(55-53-51-43)7-11-24(22)57(45)46/h5-12,14-16,41,43-44H,3-4,13H2,1-2H3,(H,33,40)(H,45,46)(H,47,48,49)/b9-5?,17-6?,21-10-,32-16+. The number of aromatic hydroxyl groups is 1. The van der Waals surface area contributed by atoms with Crippen molar-refractivity contribution in [2.45, 2.75) is 32.4 Å². The van der Waals surface area contributed by atoms with Crippen molar-refractivity contribution >= 4 is 87.1 Å². The lowest BCUT2D eigenvalue weighted by atomic mass is 10.1. The van der Waals surface area contributed by atoms with Crippen molar-refractivity contribution in [3.63, 3.8) is 0 Å². The average molecular weight is 884 g/mol. The zero-order valence-electron chi connectivity index (χ0n) is 29.5. The summed E-state index contributed by atoms with van der Waals surface area (Å²) in [6.45, 7) is 0.212. The van der Waals surface area contributed by atoms with E-state index in [1.54, 1.807) is 0 Å². The van der Waals surface area contributed by atoms with Gasteiger partial charge in [0, 0.05) is 42.5 Å². The van der Waals surface area contributed by atoms with Gasteiger partial charge < -0.3 is 24.6 Å². The second kappa shape index (κ2) is 19.4. The summed E-state index contributed by atoms with van der Waals surface area (Å²) in [7, 11) is -2.31. The molecule has 1 saturated heterocycles. The normalized spacial score (nSPS) is 16.3. The number of benzene rings is 2. The van der Waals surface area contributed by atoms with Gasteiger partial charge in [-0.15, -0.1) is 13.8 Å². The van der Waals surface area contributed by atoms with E-state index in [1.807, 2.05) is 0 Å². The van der Waals surface area contributed by atoms with Crippen LogP contribution in [0.25, 0.3) is 11.8 Å². The van der Waals surface area contributed by atoms with E-state index in [0.29, 0.717) is 35.5 Å². The smallest absolute Gasteiger partial charge is 0.296 e. The monoisotopic (exact) mass is 883 g/mol. The molecular weight excluding hydrogens is 855 g/mol. The highest BCUT2D eigenvalue weighted by atomic mass is 32.2. The van der Waals surface area contributed by atoms with Gasteiger partial charge >= 0.3 is 0 Å². The molecule has 0 aliphatic carbocycles. The molecule has 5 rings (SSSR count). The van der Waals surface area contributed by atoms with Gasteiger partial charge in [-0.25, -0.2) is 14.7 Å². The summed E-state index contributed by atoms with van der Waals surface area (Å²) in [4.78, 5) is 44.3. The van der Waals surface area contributed by atoms with Crippen LogP contribution >= 0.6 is 24.1 Å². The van der Waals surface area contributed by atoms with Crippen molar-refractivity contribution in [1.82, 2.24) is 20.0 Å². The number of hydrogen-bond acceptors (Lipinski definition) is 19. The molecule has 2 aliphatic heterocycles. The van der Waals surface area contributed by atoms with Crippen molar-refractivity contribution < 1.29 is 75.2 Å². The van der Waals surface area contributed by atoms with E-state index < -0.39 is 55.4 Å². The van der Waals surface area contributed by atoms with Gasteiger partial charge in [0.2, 0.25) is 11.8 Å². The molecule has 23 nitrogen and oxygen atoms in total. The number of nitrogens with one attached hydrogen (secondary N) is 1. The molecule has 0 radical (unpaired) electrons. The predicted octanol–water partition coefficient (Wildman–Crippen LogP) is 3.10. The molecule has 308 valence electrons. The largest absolute Gasteiger partial charge is 0.493 e. The number of carbonyl (C=O) groups excluding carboxylic acids is 3. The lowest BCUT2D eigenvalue weighted by Gasteiger charge is -2.17. The number of amides is 3. The first-order valence-corrected chi connectivity index (χ1v) is 19.9. The number of nitrogens with zero attached hydrogens (tertiary/aromatic N) is 6. The minimum atomic E-state index is -4.95. The first-order chi connectivity index (χ1) is 27.7. The maximum Gasteiger partial charge on any atom is 0.296 e. The molecule has 0 bridgehead atoms. The molecule has 6 N–H and O–H groups in total. The number of hydrogen-bond donors (Lipinski definition) is 6. The van der Waals surface area contributed by atoms with Gasteiger partial charge in [0.1, 0.15) is 10.5 Å². The Bertz CT molecular complexity index is 2400. The van der Waals surface area contributed by atoms with Crippen LogP contribution in [0.4, 0.5) is 5.69 Å². The van der Waals surface area contributed by atoms with E-state index in [2.05, 4.69) is 39.3 Å². The fourth-order valence-corrected chi connectivity index (χ4v) is 7.26. The molecule has 0 spiro atoms. The Kier molecular flexibility index (Phi) is 14.7. The number of anilines is 1. The summed E-state index contributed by atoms with van der Waals surface area (Å²) in [5.41, 5.74) is -1.41. The van der Waals surface area contributed by atoms with Gasteiger partial charge in [0.25, 0.3) is 27.8 Å². The van der Waals surface area contributed by atoms with Gasteiger partial charge in [-0.1, -0.05) is 10.1 Å². The Labute approximate surface area is 338 Å². The van der Waals surface area contributed by atoms with Crippen LogP contribution in [0.3, 0.4) is 0 Å². The number of ether oxygens (including phenoxy) is 1. The number of aromatic nitrogens is 2. The van der Waals surface area contributed by atoms with Crippen molar-refractivity contribution in [3.8, 4) is 11.6 Å². The number of allylic oxidation sites excluding steroid dienone is 3. The van der Waals surface area contributed by atoms with E-state index in [9.17, 15) is 41.2 Å². The molecule has 2 aromatic carbocycles. The van der Waals surface area contributed by atoms with Crippen LogP contribution < -0.4 is 10.3 Å². The molecule has 27 heteroatoms. The molecule has 3 heterocycles. The second-order valence-electron chi connectivity index (χ2n) is 11.2. The molecule has 1 aromatic heterocycles. The van der Waals surface area contributed by atoms with Gasteiger partial charge in [-0.3, -0.25) is 23.9 Å². The summed E-state index contributed by atoms with van der Waals surface area (Å²) in [5, 5.41) is 47.0. The number of carbonyl (C=O) groups is 3. The van der Waals surface area contributed by atoms with Crippen LogP contribution in [0.1, 0.15) is 28.9 Å². The first kappa shape index (κ1) is 43.8. The lowest BCUT2D eigenvalue weighted by Crippen LogP contribution is -2.24. The van der Waals surface area contributed by atoms with E-state index in [-0.39, 0.29) is 61.8 Å². The number of likely N-dealkylation sites (tertiary alicyclic amines) is 1. The Hall–Kier alpha value is -5.30. The SMILES string of the molecule is C/N=C/OC1=NN(c2cc(SOOO)ccc2S(=O)(=O)O)C(=O)/C1=C\C=C(C=Cc1c(C(=O)NC)nn(-c2cc(SOOO)ccc2S(=O)O)c1O)N1CCCC1=O. The van der Waals surface area contributed by atoms with Crippen LogP contribution in [0.2, 0.25) is 0 Å². The number of aliphatic imine (C=N–C) groups is 1. The highest BCUT2D eigenvalue weighted by molar-refractivity contribution is 7.94. The van der Waals surface area contributed by atoms with Gasteiger partial charge in [-0.2, -0.15) is 23.2 Å². The van der Waals surface area contributed by atoms with Crippen LogP contribution in [-0.2, 0) is 54.3 Å². The van der Waals surface area contributed by atoms with Crippen LogP contribution in [0, 0.1) is 0 Å². The highest BCUT2D eigenvalue weighted by Crippen LogP contribution is 2.36. The molecular formula is C31H29N7O16S4. The van der Waals surface area contributed by atoms with Crippen LogP contribution in [0.15, 0.2) is 95.6 Å². The molecule has 1 unspecified atom stereocenters. The lowest BCUT2D eigenvalue weighted by molar-refractivity contribution is -0.432. The van der Waals surface area contributed by atoms with Gasteiger partial charge in [-0.05, 0) is 67.1 Å². The first-order valence-electron chi connectivity index (χ1n) is 15.9. The van der Waals surface area contributed by atoms with Crippen LogP contribution in [-0.4, -0.2) is 103 Å². The summed E-state index contributed by atoms with van der Waals surface area (Å²) in [6, 6.07) is 7.00. The van der Waals surface area contributed by atoms with Crippen molar-refractivity contribution in [2.75, 3.05) is 25.6 Å². The summed E-state index contributed by atoms with van der Waals surface area (Å²) in [6.07, 6.45) is 6.58. The van der Waals surface area contributed by atoms with E-state index in [1.165, 1.54) is 67.6 Å². The third-order valence-electron chi connectivity index (χ3n) is 7.78. The molecule has 1 fully saturated rings. The average Bonchev–Trinajstić information content (AvgIpc) is 3.88. The molecule has 58 heavy (non-hydrogen) atoms. The zero-order valence-corrected chi connectivity index (χ0v) is 32.8. The maximum absolute atomic E-state index is 13.9.